The third-order valence-corrected chi connectivity index (χ3v) is 8.77. The molecule has 2 aromatic rings. The number of pyridine rings is 1. The Hall–Kier alpha value is -2.91. The summed E-state index contributed by atoms with van der Waals surface area (Å²) in [5, 5.41) is 13.9. The van der Waals surface area contributed by atoms with E-state index >= 15 is 0 Å². The van der Waals surface area contributed by atoms with Gasteiger partial charge in [0.2, 0.25) is 0 Å². The van der Waals surface area contributed by atoms with Gasteiger partial charge in [-0.05, 0) is 82.3 Å². The normalized spacial score (nSPS) is 19.9. The Morgan fingerprint density at radius 2 is 1.87 bits per heavy atom. The highest BCUT2D eigenvalue weighted by Crippen LogP contribution is 2.40. The number of nitrogens with one attached hydrogen (secondary N) is 1. The van der Waals surface area contributed by atoms with Gasteiger partial charge in [0.05, 0.1) is 24.7 Å². The van der Waals surface area contributed by atoms with Crippen molar-refractivity contribution in [2.45, 2.75) is 91.4 Å². The quantitative estimate of drug-likeness (QED) is 0.297. The van der Waals surface area contributed by atoms with Crippen LogP contribution >= 0.6 is 0 Å². The van der Waals surface area contributed by atoms with Gasteiger partial charge in [0, 0.05) is 40.5 Å². The van der Waals surface area contributed by atoms with Gasteiger partial charge >= 0.3 is 0 Å². The van der Waals surface area contributed by atoms with E-state index in [1.165, 1.54) is 5.56 Å². The van der Waals surface area contributed by atoms with E-state index < -0.39 is 11.7 Å². The molecule has 1 aliphatic heterocycles. The van der Waals surface area contributed by atoms with Crippen LogP contribution in [0.25, 0.3) is 16.6 Å². The molecule has 0 spiro atoms. The molecule has 39 heavy (non-hydrogen) atoms. The second kappa shape index (κ2) is 12.1. The van der Waals surface area contributed by atoms with E-state index in [0.29, 0.717) is 12.2 Å². The predicted octanol–water partition coefficient (Wildman–Crippen LogP) is 7.10. The Bertz CT molecular complexity index is 1220. The van der Waals surface area contributed by atoms with Crippen LogP contribution in [-0.2, 0) is 6.42 Å². The van der Waals surface area contributed by atoms with Crippen LogP contribution in [0.2, 0.25) is 0 Å². The molecule has 2 unspecified atom stereocenters. The van der Waals surface area contributed by atoms with Crippen LogP contribution < -0.4 is 5.32 Å². The maximum Gasteiger partial charge on any atom is 0.128 e. The molecule has 1 fully saturated rings. The zero-order valence-corrected chi connectivity index (χ0v) is 25.2. The van der Waals surface area contributed by atoms with Crippen molar-refractivity contribution in [3.63, 3.8) is 0 Å². The SMILES string of the molecule is C=C(NCC(=C)N1CC(C)(F)CC1C#N)c1ccnc2ccc(CC(C)(C)C(C)(C)N(CCC)CCC)cc12. The molecule has 6 heteroatoms. The fraction of sp³-hybridized carbons (Fsp3) is 0.576. The Kier molecular flexibility index (Phi) is 9.49. The standard InChI is InChI=1S/C33H48FN5/c1-10-16-38(17-11-2)32(7,8)31(5,6)19-26-12-13-30-29(18-26)28(14-15-36-30)25(4)37-22-24(3)39-23-33(9,34)20-27(39)21-35/h12-15,18,27,37H,3-4,10-11,16-17,19-20,22-23H2,1-2,5-9H3. The molecule has 2 heterocycles. The first-order valence-corrected chi connectivity index (χ1v) is 14.3. The molecular weight excluding hydrogens is 485 g/mol. The molecule has 0 saturated carbocycles. The van der Waals surface area contributed by atoms with Gasteiger partial charge in [-0.25, -0.2) is 4.39 Å². The van der Waals surface area contributed by atoms with Gasteiger partial charge in [0.25, 0.3) is 0 Å². The lowest BCUT2D eigenvalue weighted by molar-refractivity contribution is 0.0106. The molecule has 1 saturated heterocycles. The molecule has 5 nitrogen and oxygen atoms in total. The summed E-state index contributed by atoms with van der Waals surface area (Å²) in [5.74, 6) is 0. The molecule has 0 amide bonds. The summed E-state index contributed by atoms with van der Waals surface area (Å²) in [4.78, 5) is 9.01. The first-order chi connectivity index (χ1) is 18.3. The van der Waals surface area contributed by atoms with Gasteiger partial charge < -0.3 is 10.2 Å². The summed E-state index contributed by atoms with van der Waals surface area (Å²) < 4.78 is 14.6. The molecule has 0 radical (unpaired) electrons. The Morgan fingerprint density at radius 1 is 1.21 bits per heavy atom. The Balaban J connectivity index is 1.80. The molecule has 0 aliphatic carbocycles. The van der Waals surface area contributed by atoms with Gasteiger partial charge in [-0.15, -0.1) is 0 Å². The van der Waals surface area contributed by atoms with Gasteiger partial charge in [0.15, 0.2) is 0 Å². The lowest BCUT2D eigenvalue weighted by Crippen LogP contribution is -2.55. The van der Waals surface area contributed by atoms with Crippen LogP contribution in [-0.4, -0.2) is 58.2 Å². The van der Waals surface area contributed by atoms with Gasteiger partial charge in [-0.3, -0.25) is 9.88 Å². The third-order valence-electron chi connectivity index (χ3n) is 8.77. The molecule has 1 N–H and O–H groups in total. The minimum absolute atomic E-state index is 0.0316. The summed E-state index contributed by atoms with van der Waals surface area (Å²) >= 11 is 0. The Labute approximate surface area is 235 Å². The van der Waals surface area contributed by atoms with Crippen molar-refractivity contribution in [3.05, 3.63) is 60.4 Å². The highest BCUT2D eigenvalue weighted by molar-refractivity contribution is 5.91. The summed E-state index contributed by atoms with van der Waals surface area (Å²) in [6.45, 7) is 26.8. The fourth-order valence-corrected chi connectivity index (χ4v) is 5.83. The highest BCUT2D eigenvalue weighted by Gasteiger charge is 2.42. The van der Waals surface area contributed by atoms with Crippen LogP contribution in [0.1, 0.15) is 78.9 Å². The second-order valence-electron chi connectivity index (χ2n) is 12.6. The number of fused-ring (bicyclic) bond motifs is 1. The number of hydrogen-bond acceptors (Lipinski definition) is 5. The molecule has 0 bridgehead atoms. The number of rotatable bonds is 13. The number of nitriles is 1. The fourth-order valence-electron chi connectivity index (χ4n) is 5.83. The minimum atomic E-state index is -1.38. The monoisotopic (exact) mass is 533 g/mol. The molecular formula is C33H48FN5. The van der Waals surface area contributed by atoms with Crippen molar-refractivity contribution < 1.29 is 4.39 Å². The van der Waals surface area contributed by atoms with E-state index in [9.17, 15) is 9.65 Å². The van der Waals surface area contributed by atoms with E-state index in [-0.39, 0.29) is 23.9 Å². The van der Waals surface area contributed by atoms with Crippen LogP contribution in [0, 0.1) is 16.7 Å². The van der Waals surface area contributed by atoms with Crippen LogP contribution in [0.4, 0.5) is 4.39 Å². The number of benzene rings is 1. The number of alkyl halides is 1. The molecule has 1 aromatic heterocycles. The van der Waals surface area contributed by atoms with Crippen molar-refractivity contribution in [2.75, 3.05) is 26.2 Å². The summed E-state index contributed by atoms with van der Waals surface area (Å²) in [7, 11) is 0. The predicted molar refractivity (Wildman–Crippen MR) is 162 cm³/mol. The average molecular weight is 534 g/mol. The maximum absolute atomic E-state index is 14.6. The lowest BCUT2D eigenvalue weighted by atomic mass is 9.69. The van der Waals surface area contributed by atoms with E-state index in [0.717, 1.165) is 54.5 Å². The molecule has 2 atom stereocenters. The smallest absolute Gasteiger partial charge is 0.128 e. The van der Waals surface area contributed by atoms with Gasteiger partial charge in [0.1, 0.15) is 11.7 Å². The average Bonchev–Trinajstić information content (AvgIpc) is 3.20. The minimum Gasteiger partial charge on any atom is -0.379 e. The van der Waals surface area contributed by atoms with Crippen LogP contribution in [0.15, 0.2) is 49.3 Å². The van der Waals surface area contributed by atoms with E-state index in [1.807, 2.05) is 6.07 Å². The van der Waals surface area contributed by atoms with E-state index in [1.54, 1.807) is 18.0 Å². The first-order valence-electron chi connectivity index (χ1n) is 14.3. The highest BCUT2D eigenvalue weighted by atomic mass is 19.1. The first kappa shape index (κ1) is 30.6. The Morgan fingerprint density at radius 3 is 2.49 bits per heavy atom. The zero-order chi connectivity index (χ0) is 29.0. The van der Waals surface area contributed by atoms with Crippen molar-refractivity contribution in [2.24, 2.45) is 5.41 Å². The van der Waals surface area contributed by atoms with E-state index in [2.05, 4.69) is 94.2 Å². The summed E-state index contributed by atoms with van der Waals surface area (Å²) in [5.41, 5.74) is 3.32. The number of likely N-dealkylation sites (tertiary alicyclic amines) is 1. The molecule has 1 aromatic carbocycles. The topological polar surface area (TPSA) is 55.2 Å². The number of aromatic nitrogens is 1. The van der Waals surface area contributed by atoms with Crippen LogP contribution in [0.5, 0.6) is 0 Å². The van der Waals surface area contributed by atoms with Crippen molar-refractivity contribution in [3.8, 4) is 6.07 Å². The summed E-state index contributed by atoms with van der Waals surface area (Å²) in [6.07, 6.45) is 5.24. The number of halogens is 1. The maximum atomic E-state index is 14.6. The van der Waals surface area contributed by atoms with Crippen molar-refractivity contribution in [1.29, 1.82) is 5.26 Å². The second-order valence-corrected chi connectivity index (χ2v) is 12.6. The number of hydrogen-bond donors (Lipinski definition) is 1. The van der Waals surface area contributed by atoms with Crippen molar-refractivity contribution in [1.82, 2.24) is 20.1 Å². The molecule has 3 rings (SSSR count). The number of nitrogens with zero attached hydrogens (tertiary/aromatic N) is 4. The zero-order valence-electron chi connectivity index (χ0n) is 25.2. The van der Waals surface area contributed by atoms with Crippen molar-refractivity contribution >= 4 is 16.6 Å². The van der Waals surface area contributed by atoms with Gasteiger partial charge in [-0.2, -0.15) is 5.26 Å². The lowest BCUT2D eigenvalue weighted by Gasteiger charge is -2.50. The van der Waals surface area contributed by atoms with E-state index in [4.69, 9.17) is 0 Å². The molecule has 212 valence electrons. The summed E-state index contributed by atoms with van der Waals surface area (Å²) in [6, 6.07) is 10.2. The molecule has 1 aliphatic rings. The van der Waals surface area contributed by atoms with Gasteiger partial charge in [-0.1, -0.05) is 46.9 Å². The third kappa shape index (κ3) is 6.81. The largest absolute Gasteiger partial charge is 0.379 e. The van der Waals surface area contributed by atoms with Crippen LogP contribution in [0.3, 0.4) is 0 Å².